The van der Waals surface area contributed by atoms with Crippen molar-refractivity contribution in [2.45, 2.75) is 57.9 Å². The second-order valence-electron chi connectivity index (χ2n) is 5.59. The lowest BCUT2D eigenvalue weighted by Gasteiger charge is -2.26. The van der Waals surface area contributed by atoms with Gasteiger partial charge in [-0.3, -0.25) is 0 Å². The third-order valence-corrected chi connectivity index (χ3v) is 4.11. The number of unbranched alkanes of at least 4 members (excludes halogenated alkanes) is 3. The molecule has 19 heavy (non-hydrogen) atoms. The minimum atomic E-state index is 0.654. The number of benzene rings is 1. The molecule has 1 N–H and O–H groups in total. The first kappa shape index (κ1) is 14.4. The van der Waals surface area contributed by atoms with Crippen molar-refractivity contribution in [2.24, 2.45) is 0 Å². The number of ether oxygens (including phenoxy) is 1. The minimum Gasteiger partial charge on any atom is -0.497 e. The van der Waals surface area contributed by atoms with Crippen molar-refractivity contribution in [3.63, 3.8) is 0 Å². The van der Waals surface area contributed by atoms with Crippen molar-refractivity contribution < 1.29 is 4.74 Å². The van der Waals surface area contributed by atoms with Crippen molar-refractivity contribution in [3.8, 4) is 5.75 Å². The Hall–Kier alpha value is -1.02. The maximum absolute atomic E-state index is 5.32. The van der Waals surface area contributed by atoms with E-state index < -0.39 is 0 Å². The third kappa shape index (κ3) is 4.24. The summed E-state index contributed by atoms with van der Waals surface area (Å²) >= 11 is 0. The molecular formula is C17H27NO. The molecule has 2 nitrogen and oxygen atoms in total. The predicted octanol–water partition coefficient (Wildman–Crippen LogP) is 3.72. The molecule has 2 rings (SSSR count). The van der Waals surface area contributed by atoms with E-state index in [2.05, 4.69) is 30.4 Å². The zero-order chi connectivity index (χ0) is 13.5. The van der Waals surface area contributed by atoms with Gasteiger partial charge in [-0.15, -0.1) is 0 Å². The molecule has 0 bridgehead atoms. The molecule has 0 aromatic heterocycles. The summed E-state index contributed by atoms with van der Waals surface area (Å²) in [6.07, 6.45) is 8.98. The molecule has 1 aromatic carbocycles. The van der Waals surface area contributed by atoms with E-state index in [9.17, 15) is 0 Å². The third-order valence-electron chi connectivity index (χ3n) is 4.11. The summed E-state index contributed by atoms with van der Waals surface area (Å²) in [4.78, 5) is 0. The lowest BCUT2D eigenvalue weighted by molar-refractivity contribution is 0.410. The summed E-state index contributed by atoms with van der Waals surface area (Å²) in [6.45, 7) is 3.43. The SMILES string of the molecule is CCCCCCNC1CCc2ccc(OC)cc2C1. The van der Waals surface area contributed by atoms with Crippen molar-refractivity contribution >= 4 is 0 Å². The van der Waals surface area contributed by atoms with Gasteiger partial charge in [0.25, 0.3) is 0 Å². The molecule has 1 aromatic rings. The van der Waals surface area contributed by atoms with Crippen LogP contribution in [0.1, 0.15) is 50.2 Å². The van der Waals surface area contributed by atoms with Crippen LogP contribution in [0.5, 0.6) is 5.75 Å². The van der Waals surface area contributed by atoms with Crippen molar-refractivity contribution in [1.82, 2.24) is 5.32 Å². The lowest BCUT2D eigenvalue weighted by atomic mass is 9.88. The fourth-order valence-corrected chi connectivity index (χ4v) is 2.89. The topological polar surface area (TPSA) is 21.3 Å². The van der Waals surface area contributed by atoms with Gasteiger partial charge in [-0.05, 0) is 55.5 Å². The van der Waals surface area contributed by atoms with Gasteiger partial charge in [-0.1, -0.05) is 32.3 Å². The van der Waals surface area contributed by atoms with Gasteiger partial charge < -0.3 is 10.1 Å². The maximum Gasteiger partial charge on any atom is 0.119 e. The van der Waals surface area contributed by atoms with Gasteiger partial charge in [-0.25, -0.2) is 0 Å². The quantitative estimate of drug-likeness (QED) is 0.755. The van der Waals surface area contributed by atoms with Crippen LogP contribution in [0, 0.1) is 0 Å². The standard InChI is InChI=1S/C17H27NO/c1-3-4-5-6-11-18-16-9-7-14-8-10-17(19-2)13-15(14)12-16/h8,10,13,16,18H,3-7,9,11-12H2,1-2H3. The minimum absolute atomic E-state index is 0.654. The summed E-state index contributed by atoms with van der Waals surface area (Å²) in [7, 11) is 1.74. The molecule has 0 fully saturated rings. The molecule has 0 amide bonds. The predicted molar refractivity (Wildman–Crippen MR) is 81.0 cm³/mol. The molecule has 0 saturated heterocycles. The van der Waals surface area contributed by atoms with E-state index in [0.717, 1.165) is 12.2 Å². The Morgan fingerprint density at radius 1 is 1.21 bits per heavy atom. The van der Waals surface area contributed by atoms with Crippen molar-refractivity contribution in [1.29, 1.82) is 0 Å². The van der Waals surface area contributed by atoms with Gasteiger partial charge in [0.2, 0.25) is 0 Å². The monoisotopic (exact) mass is 261 g/mol. The number of nitrogens with one attached hydrogen (secondary N) is 1. The van der Waals surface area contributed by atoms with Crippen LogP contribution in [-0.2, 0) is 12.8 Å². The molecule has 1 aliphatic carbocycles. The highest BCUT2D eigenvalue weighted by Gasteiger charge is 2.18. The van der Waals surface area contributed by atoms with Crippen LogP contribution in [0.3, 0.4) is 0 Å². The van der Waals surface area contributed by atoms with Crippen molar-refractivity contribution in [3.05, 3.63) is 29.3 Å². The fraction of sp³-hybridized carbons (Fsp3) is 0.647. The number of methoxy groups -OCH3 is 1. The maximum atomic E-state index is 5.32. The number of hydrogen-bond acceptors (Lipinski definition) is 2. The number of hydrogen-bond donors (Lipinski definition) is 1. The summed E-state index contributed by atoms with van der Waals surface area (Å²) < 4.78 is 5.32. The molecular weight excluding hydrogens is 234 g/mol. The van der Waals surface area contributed by atoms with Gasteiger partial charge in [0, 0.05) is 6.04 Å². The molecule has 1 unspecified atom stereocenters. The Balaban J connectivity index is 1.80. The van der Waals surface area contributed by atoms with Crippen molar-refractivity contribution in [2.75, 3.05) is 13.7 Å². The normalized spacial score (nSPS) is 18.1. The van der Waals surface area contributed by atoms with E-state index >= 15 is 0 Å². The highest BCUT2D eigenvalue weighted by Crippen LogP contribution is 2.25. The summed E-state index contributed by atoms with van der Waals surface area (Å²) in [5.41, 5.74) is 2.97. The molecule has 0 spiro atoms. The Labute approximate surface area is 117 Å². The van der Waals surface area contributed by atoms with Crippen LogP contribution in [0.25, 0.3) is 0 Å². The van der Waals surface area contributed by atoms with Crippen LogP contribution in [-0.4, -0.2) is 19.7 Å². The molecule has 106 valence electrons. The summed E-state index contributed by atoms with van der Waals surface area (Å²) in [5.74, 6) is 0.988. The van der Waals surface area contributed by atoms with Gasteiger partial charge in [0.05, 0.1) is 7.11 Å². The van der Waals surface area contributed by atoms with Crippen LogP contribution < -0.4 is 10.1 Å². The fourth-order valence-electron chi connectivity index (χ4n) is 2.89. The first-order chi connectivity index (χ1) is 9.33. The average Bonchev–Trinajstić information content (AvgIpc) is 2.46. The lowest BCUT2D eigenvalue weighted by Crippen LogP contribution is -2.35. The van der Waals surface area contributed by atoms with E-state index in [-0.39, 0.29) is 0 Å². The molecule has 0 saturated carbocycles. The average molecular weight is 261 g/mol. The van der Waals surface area contributed by atoms with E-state index in [4.69, 9.17) is 4.74 Å². The highest BCUT2D eigenvalue weighted by atomic mass is 16.5. The number of rotatable bonds is 7. The highest BCUT2D eigenvalue weighted by molar-refractivity contribution is 5.37. The molecule has 0 aliphatic heterocycles. The zero-order valence-corrected chi connectivity index (χ0v) is 12.4. The number of fused-ring (bicyclic) bond motifs is 1. The largest absolute Gasteiger partial charge is 0.497 e. The number of aryl methyl sites for hydroxylation is 1. The van der Waals surface area contributed by atoms with E-state index in [1.807, 2.05) is 0 Å². The Kier molecular flexibility index (Phi) is 5.71. The van der Waals surface area contributed by atoms with E-state index in [0.29, 0.717) is 6.04 Å². The smallest absolute Gasteiger partial charge is 0.119 e. The summed E-state index contributed by atoms with van der Waals surface area (Å²) in [6, 6.07) is 7.17. The van der Waals surface area contributed by atoms with E-state index in [1.54, 1.807) is 7.11 Å². The molecule has 1 atom stereocenters. The van der Waals surface area contributed by atoms with Crippen LogP contribution in [0.15, 0.2) is 18.2 Å². The first-order valence-corrected chi connectivity index (χ1v) is 7.72. The van der Waals surface area contributed by atoms with Gasteiger partial charge in [0.1, 0.15) is 5.75 Å². The van der Waals surface area contributed by atoms with Gasteiger partial charge in [-0.2, -0.15) is 0 Å². The molecule has 0 radical (unpaired) electrons. The second-order valence-corrected chi connectivity index (χ2v) is 5.59. The van der Waals surface area contributed by atoms with Gasteiger partial charge >= 0.3 is 0 Å². The second kappa shape index (κ2) is 7.54. The van der Waals surface area contributed by atoms with Crippen LogP contribution in [0.4, 0.5) is 0 Å². The Bertz CT molecular complexity index is 389. The van der Waals surface area contributed by atoms with Crippen LogP contribution in [0.2, 0.25) is 0 Å². The van der Waals surface area contributed by atoms with E-state index in [1.165, 1.54) is 56.2 Å². The summed E-state index contributed by atoms with van der Waals surface area (Å²) in [5, 5.41) is 3.72. The zero-order valence-electron chi connectivity index (χ0n) is 12.4. The van der Waals surface area contributed by atoms with Crippen LogP contribution >= 0.6 is 0 Å². The Morgan fingerprint density at radius 3 is 2.89 bits per heavy atom. The van der Waals surface area contributed by atoms with Gasteiger partial charge in [0.15, 0.2) is 0 Å². The molecule has 1 aliphatic rings. The Morgan fingerprint density at radius 2 is 2.11 bits per heavy atom. The molecule has 2 heteroatoms. The first-order valence-electron chi connectivity index (χ1n) is 7.72. The molecule has 0 heterocycles.